The van der Waals surface area contributed by atoms with Crippen molar-refractivity contribution in [2.75, 3.05) is 13.1 Å². The summed E-state index contributed by atoms with van der Waals surface area (Å²) < 4.78 is 6.16. The number of aliphatic hydroxyl groups excluding tert-OH is 1. The van der Waals surface area contributed by atoms with Crippen molar-refractivity contribution < 1.29 is 19.7 Å². The van der Waals surface area contributed by atoms with Crippen LogP contribution in [0.4, 0.5) is 0 Å². The minimum Gasteiger partial charge on any atom is -0.481 e. The number of hydrogen-bond donors (Lipinski definition) is 3. The first kappa shape index (κ1) is 22.4. The van der Waals surface area contributed by atoms with Crippen LogP contribution in [0.15, 0.2) is 12.2 Å². The number of allylic oxidation sites excluding steroid dienone is 2. The van der Waals surface area contributed by atoms with E-state index in [0.29, 0.717) is 37.0 Å². The molecule has 156 valence electrons. The van der Waals surface area contributed by atoms with Crippen molar-refractivity contribution in [1.29, 1.82) is 0 Å². The average Bonchev–Trinajstić information content (AvgIpc) is 3.23. The number of fused-ring (bicyclic) bond motifs is 2. The van der Waals surface area contributed by atoms with Gasteiger partial charge in [0.1, 0.15) is 0 Å². The predicted octanol–water partition coefficient (Wildman–Crippen LogP) is 3.90. The SMILES string of the molecule is CCCCCC(O)CNCC[C@@H]1[C@@H](C/C=C\CCCC(=O)O)[C@H]2CC[C@@H]1O2. The van der Waals surface area contributed by atoms with Crippen LogP contribution >= 0.6 is 0 Å². The number of carboxylic acids is 1. The molecule has 0 saturated carbocycles. The third-order valence-corrected chi connectivity index (χ3v) is 6.10. The molecule has 2 heterocycles. The highest BCUT2D eigenvalue weighted by atomic mass is 16.5. The summed E-state index contributed by atoms with van der Waals surface area (Å²) in [7, 11) is 0. The Kier molecular flexibility index (Phi) is 10.4. The van der Waals surface area contributed by atoms with E-state index in [9.17, 15) is 9.90 Å². The minimum absolute atomic E-state index is 0.225. The fourth-order valence-corrected chi connectivity index (χ4v) is 4.61. The second-order valence-corrected chi connectivity index (χ2v) is 8.25. The Morgan fingerprint density at radius 2 is 1.96 bits per heavy atom. The van der Waals surface area contributed by atoms with Gasteiger partial charge in [-0.25, -0.2) is 0 Å². The predicted molar refractivity (Wildman–Crippen MR) is 108 cm³/mol. The van der Waals surface area contributed by atoms with Crippen molar-refractivity contribution in [3.63, 3.8) is 0 Å². The van der Waals surface area contributed by atoms with Gasteiger partial charge in [0.05, 0.1) is 18.3 Å². The van der Waals surface area contributed by atoms with Crippen molar-refractivity contribution in [1.82, 2.24) is 5.32 Å². The molecule has 1 unspecified atom stereocenters. The molecule has 2 rings (SSSR count). The molecule has 5 nitrogen and oxygen atoms in total. The molecule has 0 spiro atoms. The van der Waals surface area contributed by atoms with Crippen LogP contribution in [-0.4, -0.2) is 47.6 Å². The zero-order chi connectivity index (χ0) is 19.5. The average molecular weight is 382 g/mol. The Bertz CT molecular complexity index is 454. The van der Waals surface area contributed by atoms with Crippen LogP contribution in [0.1, 0.15) is 77.6 Å². The first-order valence-corrected chi connectivity index (χ1v) is 11.0. The summed E-state index contributed by atoms with van der Waals surface area (Å²) in [4.78, 5) is 10.5. The molecule has 2 bridgehead atoms. The number of carboxylic acid groups (broad SMARTS) is 1. The molecule has 27 heavy (non-hydrogen) atoms. The third kappa shape index (κ3) is 7.92. The van der Waals surface area contributed by atoms with Crippen molar-refractivity contribution >= 4 is 5.97 Å². The molecule has 0 aliphatic carbocycles. The zero-order valence-electron chi connectivity index (χ0n) is 16.9. The summed E-state index contributed by atoms with van der Waals surface area (Å²) >= 11 is 0. The van der Waals surface area contributed by atoms with Crippen LogP contribution in [0.2, 0.25) is 0 Å². The summed E-state index contributed by atoms with van der Waals surface area (Å²) in [6.07, 6.45) is 15.7. The minimum atomic E-state index is -0.715. The fraction of sp³-hybridized carbons (Fsp3) is 0.864. The van der Waals surface area contributed by atoms with Crippen molar-refractivity contribution in [2.45, 2.75) is 95.9 Å². The number of aliphatic carboxylic acids is 1. The maximum Gasteiger partial charge on any atom is 0.303 e. The number of hydrogen-bond acceptors (Lipinski definition) is 4. The van der Waals surface area contributed by atoms with E-state index in [4.69, 9.17) is 9.84 Å². The summed E-state index contributed by atoms with van der Waals surface area (Å²) in [5.74, 6) is 0.487. The summed E-state index contributed by atoms with van der Waals surface area (Å²) in [6.45, 7) is 3.82. The quantitative estimate of drug-likeness (QED) is 0.296. The van der Waals surface area contributed by atoms with Crippen molar-refractivity contribution in [2.24, 2.45) is 11.8 Å². The molecule has 3 N–H and O–H groups in total. The Morgan fingerprint density at radius 1 is 1.19 bits per heavy atom. The van der Waals surface area contributed by atoms with Gasteiger partial charge in [-0.05, 0) is 63.3 Å². The molecule has 2 fully saturated rings. The monoisotopic (exact) mass is 381 g/mol. The molecule has 0 aromatic carbocycles. The molecule has 0 aromatic rings. The lowest BCUT2D eigenvalue weighted by molar-refractivity contribution is -0.137. The van der Waals surface area contributed by atoms with Gasteiger partial charge >= 0.3 is 5.97 Å². The van der Waals surface area contributed by atoms with Gasteiger partial charge in [0.2, 0.25) is 0 Å². The van der Waals surface area contributed by atoms with Gasteiger partial charge < -0.3 is 20.3 Å². The van der Waals surface area contributed by atoms with E-state index in [0.717, 1.165) is 38.6 Å². The maximum atomic E-state index is 10.5. The standard InChI is InChI=1S/C22H39NO4/c1-2-3-6-9-17(24)16-23-15-14-19-18(20-12-13-21(19)27-20)10-7-4-5-8-11-22(25)26/h4,7,17-21,23-24H,2-3,5-6,8-16H2,1H3,(H,25,26)/b7-4-/t17?,18-,19-,20-,21+/m1/s1. The highest BCUT2D eigenvalue weighted by Crippen LogP contribution is 2.46. The summed E-state index contributed by atoms with van der Waals surface area (Å²) in [6, 6.07) is 0. The maximum absolute atomic E-state index is 10.5. The van der Waals surface area contributed by atoms with Crippen LogP contribution in [-0.2, 0) is 9.53 Å². The van der Waals surface area contributed by atoms with Gasteiger partial charge in [0, 0.05) is 13.0 Å². The lowest BCUT2D eigenvalue weighted by Crippen LogP contribution is -2.33. The smallest absolute Gasteiger partial charge is 0.303 e. The second kappa shape index (κ2) is 12.5. The van der Waals surface area contributed by atoms with Gasteiger partial charge in [-0.1, -0.05) is 38.3 Å². The molecule has 0 amide bonds. The van der Waals surface area contributed by atoms with E-state index < -0.39 is 5.97 Å². The van der Waals surface area contributed by atoms with Crippen LogP contribution in [0.5, 0.6) is 0 Å². The lowest BCUT2D eigenvalue weighted by Gasteiger charge is -2.27. The highest BCUT2D eigenvalue weighted by Gasteiger charge is 2.47. The van der Waals surface area contributed by atoms with Gasteiger partial charge in [0.15, 0.2) is 0 Å². The highest BCUT2D eigenvalue weighted by molar-refractivity contribution is 5.66. The van der Waals surface area contributed by atoms with Crippen LogP contribution in [0, 0.1) is 11.8 Å². The van der Waals surface area contributed by atoms with Crippen LogP contribution < -0.4 is 5.32 Å². The summed E-state index contributed by atoms with van der Waals surface area (Å²) in [5, 5.41) is 22.1. The number of rotatable bonds is 15. The summed E-state index contributed by atoms with van der Waals surface area (Å²) in [5.41, 5.74) is 0. The Hall–Kier alpha value is -0.910. The van der Waals surface area contributed by atoms with Crippen LogP contribution in [0.3, 0.4) is 0 Å². The molecule has 0 aromatic heterocycles. The topological polar surface area (TPSA) is 78.8 Å². The number of carbonyl (C=O) groups is 1. The number of nitrogens with one attached hydrogen (secondary N) is 1. The van der Waals surface area contributed by atoms with Gasteiger partial charge in [-0.15, -0.1) is 0 Å². The molecule has 2 aliphatic rings. The number of aliphatic hydroxyl groups is 1. The third-order valence-electron chi connectivity index (χ3n) is 6.10. The van der Waals surface area contributed by atoms with E-state index in [2.05, 4.69) is 24.4 Å². The normalized spacial score (nSPS) is 28.2. The van der Waals surface area contributed by atoms with Crippen molar-refractivity contribution in [3.05, 3.63) is 12.2 Å². The number of unbranched alkanes of at least 4 members (excludes halogenated alkanes) is 3. The Labute approximate surface area is 164 Å². The van der Waals surface area contributed by atoms with Gasteiger partial charge in [-0.2, -0.15) is 0 Å². The molecule has 5 atom stereocenters. The molecule has 0 radical (unpaired) electrons. The molecule has 2 saturated heterocycles. The van der Waals surface area contributed by atoms with E-state index in [1.54, 1.807) is 0 Å². The van der Waals surface area contributed by atoms with Gasteiger partial charge in [0.25, 0.3) is 0 Å². The first-order chi connectivity index (χ1) is 13.1. The largest absolute Gasteiger partial charge is 0.481 e. The molecular weight excluding hydrogens is 342 g/mol. The second-order valence-electron chi connectivity index (χ2n) is 8.25. The van der Waals surface area contributed by atoms with E-state index >= 15 is 0 Å². The first-order valence-electron chi connectivity index (χ1n) is 11.0. The molecule has 2 aliphatic heterocycles. The van der Waals surface area contributed by atoms with Gasteiger partial charge in [-0.3, -0.25) is 4.79 Å². The Morgan fingerprint density at radius 3 is 2.70 bits per heavy atom. The van der Waals surface area contributed by atoms with E-state index in [-0.39, 0.29) is 12.5 Å². The van der Waals surface area contributed by atoms with E-state index in [1.807, 2.05) is 0 Å². The zero-order valence-corrected chi connectivity index (χ0v) is 16.9. The van der Waals surface area contributed by atoms with E-state index in [1.165, 1.54) is 25.7 Å². The molecular formula is C22H39NO4. The molecule has 5 heteroatoms. The Balaban J connectivity index is 1.63. The lowest BCUT2D eigenvalue weighted by atomic mass is 9.76. The number of ether oxygens (including phenoxy) is 1. The van der Waals surface area contributed by atoms with Crippen molar-refractivity contribution in [3.8, 4) is 0 Å². The fourth-order valence-electron chi connectivity index (χ4n) is 4.61. The van der Waals surface area contributed by atoms with Crippen LogP contribution in [0.25, 0.3) is 0 Å².